The summed E-state index contributed by atoms with van der Waals surface area (Å²) in [5, 5.41) is 2.83. The third kappa shape index (κ3) is 2.74. The molecule has 1 rings (SSSR count). The minimum Gasteiger partial charge on any atom is -0.342 e. The van der Waals surface area contributed by atoms with Gasteiger partial charge in [0.1, 0.15) is 5.54 Å². The first-order valence-corrected chi connectivity index (χ1v) is 5.99. The molecular weight excluding hydrogens is 204 g/mol. The monoisotopic (exact) mass is 226 g/mol. The van der Waals surface area contributed by atoms with Gasteiger partial charge in [0.05, 0.1) is 0 Å². The van der Waals surface area contributed by atoms with Gasteiger partial charge in [0, 0.05) is 19.5 Å². The zero-order valence-electron chi connectivity index (χ0n) is 10.7. The van der Waals surface area contributed by atoms with Crippen molar-refractivity contribution in [2.24, 2.45) is 5.92 Å². The molecule has 92 valence electrons. The zero-order chi connectivity index (χ0) is 12.3. The van der Waals surface area contributed by atoms with Crippen LogP contribution in [0.1, 0.15) is 40.5 Å². The molecule has 1 aliphatic heterocycles. The number of hydrogen-bond acceptors (Lipinski definition) is 2. The van der Waals surface area contributed by atoms with Crippen LogP contribution < -0.4 is 5.32 Å². The van der Waals surface area contributed by atoms with Crippen molar-refractivity contribution in [1.29, 1.82) is 0 Å². The lowest BCUT2D eigenvalue weighted by molar-refractivity contribution is -0.138. The van der Waals surface area contributed by atoms with E-state index in [-0.39, 0.29) is 11.8 Å². The lowest BCUT2D eigenvalue weighted by Gasteiger charge is -2.32. The van der Waals surface area contributed by atoms with Crippen molar-refractivity contribution >= 4 is 11.8 Å². The van der Waals surface area contributed by atoms with Crippen LogP contribution in [0.3, 0.4) is 0 Å². The molecule has 1 fully saturated rings. The summed E-state index contributed by atoms with van der Waals surface area (Å²) in [6.07, 6.45) is 1.04. The standard InChI is InChI=1S/C12H22N2O2/c1-5-12(4)11(16)14(8-9(2)3)7-6-10(15)13-12/h9H,5-8H2,1-4H3,(H,13,15). The quantitative estimate of drug-likeness (QED) is 0.785. The Bertz CT molecular complexity index is 289. The fourth-order valence-electron chi connectivity index (χ4n) is 1.97. The van der Waals surface area contributed by atoms with Gasteiger partial charge in [-0.15, -0.1) is 0 Å². The number of hydrogen-bond donors (Lipinski definition) is 1. The highest BCUT2D eigenvalue weighted by Crippen LogP contribution is 2.18. The summed E-state index contributed by atoms with van der Waals surface area (Å²) >= 11 is 0. The molecule has 1 aliphatic rings. The van der Waals surface area contributed by atoms with Gasteiger partial charge in [0.2, 0.25) is 11.8 Å². The van der Waals surface area contributed by atoms with Crippen LogP contribution in [0.2, 0.25) is 0 Å². The van der Waals surface area contributed by atoms with E-state index in [0.717, 1.165) is 6.54 Å². The van der Waals surface area contributed by atoms with Gasteiger partial charge in [-0.05, 0) is 19.3 Å². The molecule has 4 nitrogen and oxygen atoms in total. The van der Waals surface area contributed by atoms with Gasteiger partial charge >= 0.3 is 0 Å². The van der Waals surface area contributed by atoms with Crippen molar-refractivity contribution in [1.82, 2.24) is 10.2 Å². The molecule has 1 unspecified atom stereocenters. The van der Waals surface area contributed by atoms with E-state index in [9.17, 15) is 9.59 Å². The molecule has 1 atom stereocenters. The van der Waals surface area contributed by atoms with Crippen molar-refractivity contribution in [3.05, 3.63) is 0 Å². The summed E-state index contributed by atoms with van der Waals surface area (Å²) < 4.78 is 0. The van der Waals surface area contributed by atoms with E-state index in [4.69, 9.17) is 0 Å². The molecule has 16 heavy (non-hydrogen) atoms. The summed E-state index contributed by atoms with van der Waals surface area (Å²) in [6, 6.07) is 0. The number of nitrogens with zero attached hydrogens (tertiary/aromatic N) is 1. The van der Waals surface area contributed by atoms with Gasteiger partial charge in [-0.25, -0.2) is 0 Å². The smallest absolute Gasteiger partial charge is 0.248 e. The van der Waals surface area contributed by atoms with Crippen molar-refractivity contribution in [2.45, 2.75) is 46.1 Å². The van der Waals surface area contributed by atoms with Crippen LogP contribution in [0.4, 0.5) is 0 Å². The highest BCUT2D eigenvalue weighted by Gasteiger charge is 2.38. The molecule has 0 aliphatic carbocycles. The SMILES string of the molecule is CCC1(C)NC(=O)CCN(CC(C)C)C1=O. The fraction of sp³-hybridized carbons (Fsp3) is 0.833. The maximum Gasteiger partial charge on any atom is 0.248 e. The van der Waals surface area contributed by atoms with E-state index in [1.807, 2.05) is 18.7 Å². The Kier molecular flexibility index (Phi) is 3.94. The predicted octanol–water partition coefficient (Wildman–Crippen LogP) is 1.16. The summed E-state index contributed by atoms with van der Waals surface area (Å²) in [7, 11) is 0. The van der Waals surface area contributed by atoms with Crippen LogP contribution in [0, 0.1) is 5.92 Å². The zero-order valence-corrected chi connectivity index (χ0v) is 10.7. The second-order valence-electron chi connectivity index (χ2n) is 5.13. The summed E-state index contributed by atoms with van der Waals surface area (Å²) in [5.41, 5.74) is -0.720. The van der Waals surface area contributed by atoms with Crippen LogP contribution in [-0.2, 0) is 9.59 Å². The predicted molar refractivity (Wildman–Crippen MR) is 62.9 cm³/mol. The summed E-state index contributed by atoms with van der Waals surface area (Å²) in [5.74, 6) is 0.455. The van der Waals surface area contributed by atoms with Crippen LogP contribution in [0.25, 0.3) is 0 Å². The van der Waals surface area contributed by atoms with Gasteiger partial charge in [-0.2, -0.15) is 0 Å². The number of carbonyl (C=O) groups excluding carboxylic acids is 2. The molecule has 0 aromatic heterocycles. The third-order valence-corrected chi connectivity index (χ3v) is 3.08. The van der Waals surface area contributed by atoms with Gasteiger partial charge in [0.15, 0.2) is 0 Å². The Morgan fingerprint density at radius 2 is 2.06 bits per heavy atom. The molecule has 1 heterocycles. The number of nitrogens with one attached hydrogen (secondary N) is 1. The Hall–Kier alpha value is -1.06. The van der Waals surface area contributed by atoms with Crippen molar-refractivity contribution in [3.8, 4) is 0 Å². The molecule has 0 spiro atoms. The number of amides is 2. The second kappa shape index (κ2) is 4.85. The van der Waals surface area contributed by atoms with Crippen LogP contribution in [0.5, 0.6) is 0 Å². The first kappa shape index (κ1) is 13.0. The van der Waals surface area contributed by atoms with Crippen molar-refractivity contribution < 1.29 is 9.59 Å². The highest BCUT2D eigenvalue weighted by molar-refractivity contribution is 5.93. The van der Waals surface area contributed by atoms with Gasteiger partial charge < -0.3 is 10.2 Å². The number of carbonyl (C=O) groups is 2. The molecule has 4 heteroatoms. The molecule has 0 bridgehead atoms. The van der Waals surface area contributed by atoms with Crippen LogP contribution in [0.15, 0.2) is 0 Å². The molecule has 1 N–H and O–H groups in total. The van der Waals surface area contributed by atoms with Crippen LogP contribution in [-0.4, -0.2) is 35.3 Å². The normalized spacial score (nSPS) is 26.9. The largest absolute Gasteiger partial charge is 0.342 e. The first-order chi connectivity index (χ1) is 7.39. The average Bonchev–Trinajstić information content (AvgIpc) is 2.30. The van der Waals surface area contributed by atoms with Crippen molar-refractivity contribution in [2.75, 3.05) is 13.1 Å². The lowest BCUT2D eigenvalue weighted by Crippen LogP contribution is -2.55. The lowest BCUT2D eigenvalue weighted by atomic mass is 9.97. The van der Waals surface area contributed by atoms with E-state index in [2.05, 4.69) is 19.2 Å². The van der Waals surface area contributed by atoms with E-state index >= 15 is 0 Å². The van der Waals surface area contributed by atoms with E-state index in [0.29, 0.717) is 25.3 Å². The van der Waals surface area contributed by atoms with Gasteiger partial charge in [0.25, 0.3) is 0 Å². The van der Waals surface area contributed by atoms with Gasteiger partial charge in [-0.3, -0.25) is 9.59 Å². The van der Waals surface area contributed by atoms with E-state index in [1.54, 1.807) is 0 Å². The molecule has 0 aromatic carbocycles. The molecule has 0 saturated carbocycles. The summed E-state index contributed by atoms with van der Waals surface area (Å²) in [6.45, 7) is 9.16. The molecular formula is C12H22N2O2. The first-order valence-electron chi connectivity index (χ1n) is 5.99. The Morgan fingerprint density at radius 1 is 1.44 bits per heavy atom. The Balaban J connectivity index is 2.87. The summed E-state index contributed by atoms with van der Waals surface area (Å²) in [4.78, 5) is 25.6. The van der Waals surface area contributed by atoms with E-state index < -0.39 is 5.54 Å². The fourth-order valence-corrected chi connectivity index (χ4v) is 1.97. The van der Waals surface area contributed by atoms with Crippen molar-refractivity contribution in [3.63, 3.8) is 0 Å². The minimum absolute atomic E-state index is 0.0241. The minimum atomic E-state index is -0.720. The molecule has 1 saturated heterocycles. The maximum atomic E-state index is 12.3. The Morgan fingerprint density at radius 3 is 2.56 bits per heavy atom. The van der Waals surface area contributed by atoms with E-state index in [1.165, 1.54) is 0 Å². The highest BCUT2D eigenvalue weighted by atomic mass is 16.2. The average molecular weight is 226 g/mol. The van der Waals surface area contributed by atoms with Gasteiger partial charge in [-0.1, -0.05) is 20.8 Å². The number of rotatable bonds is 3. The topological polar surface area (TPSA) is 49.4 Å². The molecule has 2 amide bonds. The molecule has 0 aromatic rings. The maximum absolute atomic E-state index is 12.3. The second-order valence-corrected chi connectivity index (χ2v) is 5.13. The molecule has 0 radical (unpaired) electrons. The van der Waals surface area contributed by atoms with Crippen LogP contribution >= 0.6 is 0 Å². The third-order valence-electron chi connectivity index (χ3n) is 3.08. The Labute approximate surface area is 97.4 Å².